The largest absolute Gasteiger partial charge is 0.332 e. The third-order valence-corrected chi connectivity index (χ3v) is 4.09. The molecular weight excluding hydrogens is 240 g/mol. The Morgan fingerprint density at radius 1 is 1.37 bits per heavy atom. The van der Waals surface area contributed by atoms with Crippen LogP contribution in [-0.2, 0) is 16.9 Å². The third-order valence-electron chi connectivity index (χ3n) is 4.09. The highest BCUT2D eigenvalue weighted by molar-refractivity contribution is 5.98. The molecule has 1 aromatic rings. The molecule has 3 rings (SSSR count). The minimum atomic E-state index is -0.400. The zero-order valence-corrected chi connectivity index (χ0v) is 11.1. The van der Waals surface area contributed by atoms with E-state index in [1.165, 1.54) is 0 Å². The molecule has 0 radical (unpaired) electrons. The Bertz CT molecular complexity index is 596. The summed E-state index contributed by atoms with van der Waals surface area (Å²) in [6, 6.07) is 6.09. The van der Waals surface area contributed by atoms with Crippen molar-refractivity contribution in [3.63, 3.8) is 0 Å². The van der Waals surface area contributed by atoms with Gasteiger partial charge in [0.05, 0.1) is 5.54 Å². The van der Waals surface area contributed by atoms with E-state index in [4.69, 9.17) is 0 Å². The quantitative estimate of drug-likeness (QED) is 0.616. The van der Waals surface area contributed by atoms with Gasteiger partial charge in [-0.2, -0.15) is 4.99 Å². The summed E-state index contributed by atoms with van der Waals surface area (Å²) in [4.78, 5) is 28.6. The number of isocyanates is 1. The first-order chi connectivity index (χ1) is 9.07. The van der Waals surface area contributed by atoms with Crippen LogP contribution in [0, 0.1) is 0 Å². The molecule has 2 aliphatic rings. The standard InChI is InChI=1S/C15H16N2O2/c1-10(2)17-8-11-3-4-12(7-13(11)14(17)19)15(5-6-15)16-9-18/h3-4,7,10H,5-6,8H2,1-2H3. The highest BCUT2D eigenvalue weighted by Crippen LogP contribution is 2.49. The Balaban J connectivity index is 1.99. The number of aliphatic imine (C=N–C) groups is 1. The summed E-state index contributed by atoms with van der Waals surface area (Å²) in [6.45, 7) is 4.71. The zero-order valence-electron chi connectivity index (χ0n) is 11.1. The van der Waals surface area contributed by atoms with Crippen LogP contribution in [0.1, 0.15) is 48.2 Å². The number of amides is 1. The molecule has 0 spiro atoms. The van der Waals surface area contributed by atoms with Crippen LogP contribution >= 0.6 is 0 Å². The van der Waals surface area contributed by atoms with Crippen molar-refractivity contribution >= 4 is 12.0 Å². The van der Waals surface area contributed by atoms with Gasteiger partial charge in [-0.15, -0.1) is 0 Å². The van der Waals surface area contributed by atoms with E-state index in [2.05, 4.69) is 4.99 Å². The van der Waals surface area contributed by atoms with Gasteiger partial charge in [0.1, 0.15) is 0 Å². The molecule has 1 aliphatic carbocycles. The second-order valence-corrected chi connectivity index (χ2v) is 5.63. The number of hydrogen-bond acceptors (Lipinski definition) is 3. The lowest BCUT2D eigenvalue weighted by atomic mass is 10.00. The van der Waals surface area contributed by atoms with Crippen molar-refractivity contribution in [2.75, 3.05) is 0 Å². The van der Waals surface area contributed by atoms with Gasteiger partial charge in [-0.3, -0.25) is 4.79 Å². The van der Waals surface area contributed by atoms with Gasteiger partial charge in [0.15, 0.2) is 0 Å². The van der Waals surface area contributed by atoms with Crippen molar-refractivity contribution in [3.8, 4) is 0 Å². The van der Waals surface area contributed by atoms with E-state index in [0.29, 0.717) is 6.54 Å². The first-order valence-electron chi connectivity index (χ1n) is 6.61. The molecule has 1 aliphatic heterocycles. The van der Waals surface area contributed by atoms with E-state index in [9.17, 15) is 9.59 Å². The van der Waals surface area contributed by atoms with Gasteiger partial charge in [0.25, 0.3) is 5.91 Å². The van der Waals surface area contributed by atoms with Crippen LogP contribution in [0.2, 0.25) is 0 Å². The summed E-state index contributed by atoms with van der Waals surface area (Å²) in [7, 11) is 0. The van der Waals surface area contributed by atoms with Crippen LogP contribution in [0.3, 0.4) is 0 Å². The monoisotopic (exact) mass is 256 g/mol. The molecule has 0 bridgehead atoms. The summed E-state index contributed by atoms with van der Waals surface area (Å²) >= 11 is 0. The average Bonchev–Trinajstić information content (AvgIpc) is 3.09. The van der Waals surface area contributed by atoms with E-state index >= 15 is 0 Å². The normalized spacial score (nSPS) is 19.3. The summed E-state index contributed by atoms with van der Waals surface area (Å²) in [5, 5.41) is 0. The molecule has 1 heterocycles. The second-order valence-electron chi connectivity index (χ2n) is 5.63. The molecular formula is C15H16N2O2. The molecule has 0 unspecified atom stereocenters. The van der Waals surface area contributed by atoms with Crippen molar-refractivity contribution in [2.45, 2.75) is 44.8 Å². The molecule has 98 valence electrons. The van der Waals surface area contributed by atoms with E-state index in [-0.39, 0.29) is 11.9 Å². The molecule has 19 heavy (non-hydrogen) atoms. The summed E-state index contributed by atoms with van der Waals surface area (Å²) < 4.78 is 0. The van der Waals surface area contributed by atoms with Crippen molar-refractivity contribution in [1.29, 1.82) is 0 Å². The Kier molecular flexibility index (Phi) is 2.58. The average molecular weight is 256 g/mol. The molecule has 1 saturated carbocycles. The Morgan fingerprint density at radius 3 is 2.68 bits per heavy atom. The predicted octanol–water partition coefficient (Wildman–Crippen LogP) is 2.38. The fraction of sp³-hybridized carbons (Fsp3) is 0.467. The van der Waals surface area contributed by atoms with Gasteiger partial charge in [-0.05, 0) is 43.9 Å². The SMILES string of the molecule is CC(C)N1Cc2ccc(C3(N=C=O)CC3)cc2C1=O. The van der Waals surface area contributed by atoms with Gasteiger partial charge in [-0.1, -0.05) is 12.1 Å². The van der Waals surface area contributed by atoms with E-state index in [0.717, 1.165) is 29.5 Å². The molecule has 0 atom stereocenters. The van der Waals surface area contributed by atoms with Gasteiger partial charge in [0, 0.05) is 18.2 Å². The number of carbonyl (C=O) groups is 1. The van der Waals surface area contributed by atoms with Crippen LogP contribution in [0.4, 0.5) is 0 Å². The minimum Gasteiger partial charge on any atom is -0.332 e. The van der Waals surface area contributed by atoms with Crippen LogP contribution in [0.15, 0.2) is 23.2 Å². The number of carbonyl (C=O) groups excluding carboxylic acids is 2. The van der Waals surface area contributed by atoms with E-state index in [1.54, 1.807) is 6.08 Å². The topological polar surface area (TPSA) is 49.7 Å². The number of rotatable bonds is 3. The lowest BCUT2D eigenvalue weighted by Gasteiger charge is -2.19. The predicted molar refractivity (Wildman–Crippen MR) is 70.5 cm³/mol. The van der Waals surface area contributed by atoms with Gasteiger partial charge in [-0.25, -0.2) is 4.79 Å². The highest BCUT2D eigenvalue weighted by atomic mass is 16.2. The molecule has 0 saturated heterocycles. The number of fused-ring (bicyclic) bond motifs is 1. The molecule has 1 aromatic carbocycles. The highest BCUT2D eigenvalue weighted by Gasteiger charge is 2.45. The molecule has 4 nitrogen and oxygen atoms in total. The Morgan fingerprint density at radius 2 is 2.11 bits per heavy atom. The summed E-state index contributed by atoms with van der Waals surface area (Å²) in [6.07, 6.45) is 3.38. The Labute approximate surface area is 112 Å². The maximum Gasteiger partial charge on any atom is 0.254 e. The first-order valence-corrected chi connectivity index (χ1v) is 6.61. The fourth-order valence-electron chi connectivity index (χ4n) is 2.70. The van der Waals surface area contributed by atoms with Crippen LogP contribution in [0.5, 0.6) is 0 Å². The minimum absolute atomic E-state index is 0.0812. The third kappa shape index (κ3) is 1.80. The smallest absolute Gasteiger partial charge is 0.254 e. The fourth-order valence-corrected chi connectivity index (χ4v) is 2.70. The summed E-state index contributed by atoms with van der Waals surface area (Å²) in [5.41, 5.74) is 2.39. The van der Waals surface area contributed by atoms with Gasteiger partial charge >= 0.3 is 0 Å². The zero-order chi connectivity index (χ0) is 13.6. The molecule has 1 fully saturated rings. The molecule has 1 amide bonds. The number of nitrogens with zero attached hydrogens (tertiary/aromatic N) is 2. The van der Waals surface area contributed by atoms with Crippen molar-refractivity contribution < 1.29 is 9.59 Å². The first kappa shape index (κ1) is 12.1. The van der Waals surface area contributed by atoms with Crippen molar-refractivity contribution in [2.24, 2.45) is 4.99 Å². The van der Waals surface area contributed by atoms with Crippen LogP contribution < -0.4 is 0 Å². The number of benzene rings is 1. The van der Waals surface area contributed by atoms with Gasteiger partial charge < -0.3 is 4.90 Å². The lowest BCUT2D eigenvalue weighted by Crippen LogP contribution is -2.30. The van der Waals surface area contributed by atoms with E-state index < -0.39 is 5.54 Å². The molecule has 4 heteroatoms. The van der Waals surface area contributed by atoms with Gasteiger partial charge in [0.2, 0.25) is 6.08 Å². The van der Waals surface area contributed by atoms with Crippen molar-refractivity contribution in [3.05, 3.63) is 34.9 Å². The molecule has 0 aromatic heterocycles. The second kappa shape index (κ2) is 4.04. The lowest BCUT2D eigenvalue weighted by molar-refractivity contribution is 0.0730. The van der Waals surface area contributed by atoms with Crippen LogP contribution in [0.25, 0.3) is 0 Å². The summed E-state index contributed by atoms with van der Waals surface area (Å²) in [5.74, 6) is 0.0812. The maximum absolute atomic E-state index is 12.3. The van der Waals surface area contributed by atoms with Crippen molar-refractivity contribution in [1.82, 2.24) is 4.90 Å². The van der Waals surface area contributed by atoms with Crippen LogP contribution in [-0.4, -0.2) is 22.9 Å². The van der Waals surface area contributed by atoms with E-state index in [1.807, 2.05) is 36.9 Å². The number of hydrogen-bond donors (Lipinski definition) is 0. The molecule has 0 N–H and O–H groups in total. The maximum atomic E-state index is 12.3. The Hall–Kier alpha value is -1.93.